The van der Waals surface area contributed by atoms with Gasteiger partial charge < -0.3 is 28.4 Å². The van der Waals surface area contributed by atoms with Crippen molar-refractivity contribution in [1.29, 1.82) is 0 Å². The number of hydrogen-bond donors (Lipinski definition) is 2. The molecule has 1 saturated heterocycles. The summed E-state index contributed by atoms with van der Waals surface area (Å²) in [6, 6.07) is 35.9. The van der Waals surface area contributed by atoms with E-state index in [9.17, 15) is 13.2 Å². The van der Waals surface area contributed by atoms with Crippen LogP contribution < -0.4 is 11.3 Å². The Labute approximate surface area is 302 Å². The molecule has 5 atom stereocenters. The van der Waals surface area contributed by atoms with Crippen LogP contribution in [0.1, 0.15) is 37.0 Å². The van der Waals surface area contributed by atoms with E-state index in [0.29, 0.717) is 13.0 Å². The number of rotatable bonds is 17. The summed E-state index contributed by atoms with van der Waals surface area (Å²) in [6.07, 6.45) is -10.5. The van der Waals surface area contributed by atoms with E-state index in [2.05, 4.69) is 10.4 Å². The van der Waals surface area contributed by atoms with Crippen molar-refractivity contribution < 1.29 is 41.6 Å². The van der Waals surface area contributed by atoms with Crippen LogP contribution >= 0.6 is 0 Å². The Balaban J connectivity index is 1.55. The molecule has 4 aromatic carbocycles. The topological polar surface area (TPSA) is 106 Å². The van der Waals surface area contributed by atoms with Crippen molar-refractivity contribution in [3.8, 4) is 0 Å². The molecule has 1 fully saturated rings. The second kappa shape index (κ2) is 19.1. The molecule has 3 N–H and O–H groups in total. The van der Waals surface area contributed by atoms with Gasteiger partial charge in [-0.3, -0.25) is 11.3 Å². The van der Waals surface area contributed by atoms with Crippen molar-refractivity contribution in [2.75, 3.05) is 13.2 Å². The van der Waals surface area contributed by atoms with E-state index >= 15 is 0 Å². The van der Waals surface area contributed by atoms with Gasteiger partial charge in [0.15, 0.2) is 6.29 Å². The van der Waals surface area contributed by atoms with Crippen molar-refractivity contribution in [1.82, 2.24) is 5.43 Å². The molecule has 1 aliphatic rings. The van der Waals surface area contributed by atoms with Crippen LogP contribution in [0.5, 0.6) is 0 Å². The maximum atomic E-state index is 14.7. The van der Waals surface area contributed by atoms with Crippen molar-refractivity contribution >= 4 is 11.6 Å². The maximum Gasteiger partial charge on any atom is 0.468 e. The highest BCUT2D eigenvalue weighted by Gasteiger charge is 2.53. The maximum absolute atomic E-state index is 14.7. The van der Waals surface area contributed by atoms with Crippen LogP contribution in [0.4, 0.5) is 18.9 Å². The summed E-state index contributed by atoms with van der Waals surface area (Å²) >= 11 is 0. The van der Waals surface area contributed by atoms with Crippen LogP contribution in [0.25, 0.3) is 0 Å². The zero-order valence-corrected chi connectivity index (χ0v) is 29.3. The standard InChI is InChI=1S/C40H46F3N3O6/c1-39(2,23-24-45-44)28-50-36-34(48-26-30-17-9-4-10-18-30)33(47-25-29-15-7-3-8-16-29)35(49-27-31-19-11-5-12-20-31)37(51-36)52-38(40(41,42)43)46-32-21-13-6-14-22-32/h3-22,33-37,45H,23-28,44H2,1-2H3. The number of hydrazine groups is 1. The highest BCUT2D eigenvalue weighted by atomic mass is 19.4. The van der Waals surface area contributed by atoms with E-state index in [0.717, 1.165) is 16.7 Å². The second-order valence-corrected chi connectivity index (χ2v) is 13.2. The molecular formula is C40H46F3N3O6. The molecule has 0 aromatic heterocycles. The molecule has 52 heavy (non-hydrogen) atoms. The van der Waals surface area contributed by atoms with Gasteiger partial charge in [0.25, 0.3) is 5.90 Å². The number of aliphatic imine (C=N–C) groups is 1. The van der Waals surface area contributed by atoms with E-state index in [-0.39, 0.29) is 32.1 Å². The molecule has 4 aromatic rings. The summed E-state index contributed by atoms with van der Waals surface area (Å²) in [6.45, 7) is 4.91. The highest BCUT2D eigenvalue weighted by Crippen LogP contribution is 2.35. The van der Waals surface area contributed by atoms with Crippen molar-refractivity contribution in [2.24, 2.45) is 16.3 Å². The first-order valence-electron chi connectivity index (χ1n) is 17.2. The summed E-state index contributed by atoms with van der Waals surface area (Å²) in [5.74, 6) is 4.04. The molecular weight excluding hydrogens is 675 g/mol. The molecule has 5 unspecified atom stereocenters. The lowest BCUT2D eigenvalue weighted by Gasteiger charge is -2.46. The molecule has 0 aliphatic carbocycles. The van der Waals surface area contributed by atoms with E-state index in [1.54, 1.807) is 18.2 Å². The smallest absolute Gasteiger partial charge is 0.441 e. The Bertz CT molecular complexity index is 1630. The third-order valence-corrected chi connectivity index (χ3v) is 8.35. The van der Waals surface area contributed by atoms with Crippen LogP contribution in [0, 0.1) is 5.41 Å². The quantitative estimate of drug-likeness (QED) is 0.0497. The van der Waals surface area contributed by atoms with Gasteiger partial charge in [0.1, 0.15) is 18.3 Å². The van der Waals surface area contributed by atoms with Gasteiger partial charge in [-0.05, 0) is 40.7 Å². The first kappa shape index (κ1) is 39.1. The lowest BCUT2D eigenvalue weighted by atomic mass is 9.90. The summed E-state index contributed by atoms with van der Waals surface area (Å²) in [4.78, 5) is 3.84. The number of nitrogens with two attached hydrogens (primary N) is 1. The Kier molecular flexibility index (Phi) is 14.3. The molecule has 0 bridgehead atoms. The first-order valence-corrected chi connectivity index (χ1v) is 17.2. The summed E-state index contributed by atoms with van der Waals surface area (Å²) in [7, 11) is 0. The second-order valence-electron chi connectivity index (χ2n) is 13.2. The fraction of sp³-hybridized carbons (Fsp3) is 0.375. The monoisotopic (exact) mass is 721 g/mol. The minimum Gasteiger partial charge on any atom is -0.441 e. The fourth-order valence-corrected chi connectivity index (χ4v) is 5.53. The molecule has 0 amide bonds. The van der Waals surface area contributed by atoms with Crippen LogP contribution in [0.2, 0.25) is 0 Å². The van der Waals surface area contributed by atoms with Crippen LogP contribution in [0.3, 0.4) is 0 Å². The molecule has 0 saturated carbocycles. The number of para-hydroxylation sites is 1. The van der Waals surface area contributed by atoms with Gasteiger partial charge in [0.2, 0.25) is 6.29 Å². The van der Waals surface area contributed by atoms with E-state index in [1.165, 1.54) is 12.1 Å². The molecule has 1 heterocycles. The molecule has 5 rings (SSSR count). The third-order valence-electron chi connectivity index (χ3n) is 8.35. The summed E-state index contributed by atoms with van der Waals surface area (Å²) < 4.78 is 82.0. The van der Waals surface area contributed by atoms with Crippen LogP contribution in [-0.4, -0.2) is 56.1 Å². The zero-order valence-electron chi connectivity index (χ0n) is 29.3. The third kappa shape index (κ3) is 12.0. The van der Waals surface area contributed by atoms with Gasteiger partial charge in [-0.25, -0.2) is 4.99 Å². The normalized spacial score (nSPS) is 21.2. The number of hydrogen-bond acceptors (Lipinski definition) is 9. The Hall–Kier alpha value is -4.14. The van der Waals surface area contributed by atoms with Crippen LogP contribution in [-0.2, 0) is 48.2 Å². The largest absolute Gasteiger partial charge is 0.468 e. The SMILES string of the molecule is CC(C)(CCNN)COC1OC(OC(=Nc2ccccc2)C(F)(F)F)C(OCc2ccccc2)C(OCc2ccccc2)C1OCc1ccccc1. The number of ether oxygens (including phenoxy) is 6. The number of nitrogens with zero attached hydrogens (tertiary/aromatic N) is 1. The van der Waals surface area contributed by atoms with E-state index in [1.807, 2.05) is 105 Å². The molecule has 1 aliphatic heterocycles. The van der Waals surface area contributed by atoms with Gasteiger partial charge in [-0.1, -0.05) is 123 Å². The molecule has 12 heteroatoms. The van der Waals surface area contributed by atoms with E-state index in [4.69, 9.17) is 34.3 Å². The Morgan fingerprint density at radius 1 is 0.654 bits per heavy atom. The average Bonchev–Trinajstić information content (AvgIpc) is 3.15. The highest BCUT2D eigenvalue weighted by molar-refractivity contribution is 5.84. The molecule has 0 spiro atoms. The summed E-state index contributed by atoms with van der Waals surface area (Å²) in [5.41, 5.74) is 4.80. The molecule has 9 nitrogen and oxygen atoms in total. The predicted octanol–water partition coefficient (Wildman–Crippen LogP) is 7.63. The van der Waals surface area contributed by atoms with Gasteiger partial charge in [-0.2, -0.15) is 13.2 Å². The van der Waals surface area contributed by atoms with Crippen LogP contribution in [0.15, 0.2) is 126 Å². The fourth-order valence-electron chi connectivity index (χ4n) is 5.53. The van der Waals surface area contributed by atoms with Gasteiger partial charge in [0.05, 0.1) is 32.1 Å². The van der Waals surface area contributed by atoms with Crippen molar-refractivity contribution in [3.63, 3.8) is 0 Å². The van der Waals surface area contributed by atoms with Crippen molar-refractivity contribution in [2.45, 2.75) is 77.2 Å². The predicted molar refractivity (Wildman–Crippen MR) is 191 cm³/mol. The number of alkyl halides is 3. The average molecular weight is 722 g/mol. The minimum atomic E-state index is -4.97. The van der Waals surface area contributed by atoms with Gasteiger partial charge >= 0.3 is 6.18 Å². The minimum absolute atomic E-state index is 0.0210. The number of benzene rings is 4. The number of halogens is 3. The Morgan fingerprint density at radius 2 is 1.10 bits per heavy atom. The lowest BCUT2D eigenvalue weighted by molar-refractivity contribution is -0.361. The zero-order chi connectivity index (χ0) is 36.8. The number of nitrogens with one attached hydrogen (secondary N) is 1. The first-order chi connectivity index (χ1) is 25.1. The molecule has 0 radical (unpaired) electrons. The lowest BCUT2D eigenvalue weighted by Crippen LogP contribution is -2.62. The van der Waals surface area contributed by atoms with E-state index < -0.39 is 48.4 Å². The summed E-state index contributed by atoms with van der Waals surface area (Å²) in [5, 5.41) is 0. The van der Waals surface area contributed by atoms with Gasteiger partial charge in [-0.15, -0.1) is 0 Å². The Morgan fingerprint density at radius 3 is 1.56 bits per heavy atom. The van der Waals surface area contributed by atoms with Gasteiger partial charge in [0, 0.05) is 6.54 Å². The molecule has 278 valence electrons. The van der Waals surface area contributed by atoms with Crippen molar-refractivity contribution in [3.05, 3.63) is 138 Å².